The predicted molar refractivity (Wildman–Crippen MR) is 84.0 cm³/mol. The first-order chi connectivity index (χ1) is 9.40. The smallest absolute Gasteiger partial charge is 0.240 e. The van der Waals surface area contributed by atoms with E-state index in [1.165, 1.54) is 18.2 Å². The number of sulfonamides is 1. The summed E-state index contributed by atoms with van der Waals surface area (Å²) in [6.07, 6.45) is 0. The molecule has 2 aromatic rings. The van der Waals surface area contributed by atoms with E-state index >= 15 is 0 Å². The number of rotatable bonds is 4. The lowest BCUT2D eigenvalue weighted by molar-refractivity contribution is 0.581. The third-order valence-corrected chi connectivity index (χ3v) is 5.19. The number of benzene rings is 2. The van der Waals surface area contributed by atoms with Crippen LogP contribution in [0.25, 0.3) is 0 Å². The molecular weight excluding hydrogens is 364 g/mol. The van der Waals surface area contributed by atoms with Gasteiger partial charge in [-0.2, -0.15) is 0 Å². The summed E-state index contributed by atoms with van der Waals surface area (Å²) in [6.45, 7) is 0.186. The first-order valence-electron chi connectivity index (χ1n) is 5.68. The molecule has 2 rings (SSSR count). The molecular formula is C13H12BrClN2O2S. The van der Waals surface area contributed by atoms with Crippen molar-refractivity contribution in [3.8, 4) is 0 Å². The Morgan fingerprint density at radius 1 is 1.20 bits per heavy atom. The molecule has 7 heteroatoms. The van der Waals surface area contributed by atoms with Crippen LogP contribution >= 0.6 is 27.5 Å². The van der Waals surface area contributed by atoms with Crippen molar-refractivity contribution in [1.29, 1.82) is 0 Å². The maximum atomic E-state index is 12.2. The Morgan fingerprint density at radius 3 is 2.55 bits per heavy atom. The Morgan fingerprint density at radius 2 is 1.90 bits per heavy atom. The SMILES string of the molecule is Nc1ccc(S(=O)(=O)NCc2ccccc2Br)cc1Cl. The number of anilines is 1. The van der Waals surface area contributed by atoms with Crippen LogP contribution in [0, 0.1) is 0 Å². The van der Waals surface area contributed by atoms with E-state index in [4.69, 9.17) is 17.3 Å². The maximum absolute atomic E-state index is 12.2. The molecule has 2 aromatic carbocycles. The van der Waals surface area contributed by atoms with E-state index in [9.17, 15) is 8.42 Å². The third-order valence-electron chi connectivity index (χ3n) is 2.69. The van der Waals surface area contributed by atoms with Crippen molar-refractivity contribution < 1.29 is 8.42 Å². The topological polar surface area (TPSA) is 72.2 Å². The average Bonchev–Trinajstić information content (AvgIpc) is 2.41. The van der Waals surface area contributed by atoms with Gasteiger partial charge in [0.05, 0.1) is 15.6 Å². The number of nitrogens with one attached hydrogen (secondary N) is 1. The summed E-state index contributed by atoms with van der Waals surface area (Å²) in [7, 11) is -3.63. The summed E-state index contributed by atoms with van der Waals surface area (Å²) in [6, 6.07) is 11.6. The van der Waals surface area contributed by atoms with Crippen molar-refractivity contribution in [2.75, 3.05) is 5.73 Å². The van der Waals surface area contributed by atoms with Crippen molar-refractivity contribution in [3.63, 3.8) is 0 Å². The highest BCUT2D eigenvalue weighted by molar-refractivity contribution is 9.10. The molecule has 0 fully saturated rings. The van der Waals surface area contributed by atoms with Gasteiger partial charge in [-0.15, -0.1) is 0 Å². The molecule has 4 nitrogen and oxygen atoms in total. The fourth-order valence-electron chi connectivity index (χ4n) is 1.57. The molecule has 0 amide bonds. The summed E-state index contributed by atoms with van der Waals surface area (Å²) < 4.78 is 27.7. The van der Waals surface area contributed by atoms with Crippen molar-refractivity contribution >= 4 is 43.2 Å². The van der Waals surface area contributed by atoms with E-state index in [1.54, 1.807) is 0 Å². The van der Waals surface area contributed by atoms with Gasteiger partial charge >= 0.3 is 0 Å². The molecule has 0 spiro atoms. The first kappa shape index (κ1) is 15.3. The average molecular weight is 376 g/mol. The molecule has 0 saturated heterocycles. The van der Waals surface area contributed by atoms with Crippen LogP contribution in [0.3, 0.4) is 0 Å². The summed E-state index contributed by atoms with van der Waals surface area (Å²) in [5, 5.41) is 0.216. The number of nitrogens with two attached hydrogens (primary N) is 1. The maximum Gasteiger partial charge on any atom is 0.240 e. The number of halogens is 2. The second kappa shape index (κ2) is 6.13. The van der Waals surface area contributed by atoms with Gasteiger partial charge in [-0.05, 0) is 29.8 Å². The van der Waals surface area contributed by atoms with Crippen LogP contribution in [0.15, 0.2) is 51.8 Å². The Hall–Kier alpha value is -1.08. The molecule has 0 aromatic heterocycles. The summed E-state index contributed by atoms with van der Waals surface area (Å²) in [4.78, 5) is 0.0868. The van der Waals surface area contributed by atoms with Crippen LogP contribution in [-0.4, -0.2) is 8.42 Å². The van der Waals surface area contributed by atoms with Gasteiger partial charge < -0.3 is 5.73 Å². The van der Waals surface area contributed by atoms with Crippen molar-refractivity contribution in [1.82, 2.24) is 4.72 Å². The molecule has 0 atom stereocenters. The quantitative estimate of drug-likeness (QED) is 0.806. The highest BCUT2D eigenvalue weighted by Gasteiger charge is 2.15. The van der Waals surface area contributed by atoms with Gasteiger partial charge in [0, 0.05) is 11.0 Å². The molecule has 0 aliphatic carbocycles. The Labute approximate surface area is 131 Å². The normalized spacial score (nSPS) is 11.5. The Kier molecular flexibility index (Phi) is 4.70. The number of nitrogen functional groups attached to an aromatic ring is 1. The predicted octanol–water partition coefficient (Wildman–Crippen LogP) is 3.16. The van der Waals surface area contributed by atoms with E-state index in [-0.39, 0.29) is 16.5 Å². The van der Waals surface area contributed by atoms with E-state index in [0.29, 0.717) is 5.69 Å². The van der Waals surface area contributed by atoms with Crippen molar-refractivity contribution in [2.45, 2.75) is 11.4 Å². The van der Waals surface area contributed by atoms with Gasteiger partial charge in [-0.25, -0.2) is 13.1 Å². The molecule has 0 bridgehead atoms. The Balaban J connectivity index is 2.19. The molecule has 0 aliphatic rings. The van der Waals surface area contributed by atoms with Gasteiger partial charge in [-0.3, -0.25) is 0 Å². The molecule has 0 radical (unpaired) electrons. The summed E-state index contributed by atoms with van der Waals surface area (Å²) in [5.41, 5.74) is 6.75. The molecule has 3 N–H and O–H groups in total. The van der Waals surface area contributed by atoms with E-state index in [0.717, 1.165) is 10.0 Å². The molecule has 0 aliphatic heterocycles. The minimum absolute atomic E-state index is 0.0868. The van der Waals surface area contributed by atoms with E-state index in [2.05, 4.69) is 20.7 Å². The van der Waals surface area contributed by atoms with Gasteiger partial charge in [0.2, 0.25) is 10.0 Å². The van der Waals surface area contributed by atoms with E-state index < -0.39 is 10.0 Å². The second-order valence-electron chi connectivity index (χ2n) is 4.10. The van der Waals surface area contributed by atoms with Gasteiger partial charge in [0.1, 0.15) is 0 Å². The van der Waals surface area contributed by atoms with Crippen LogP contribution in [0.4, 0.5) is 5.69 Å². The van der Waals surface area contributed by atoms with Crippen LogP contribution < -0.4 is 10.5 Å². The van der Waals surface area contributed by atoms with Gasteiger partial charge in [0.15, 0.2) is 0 Å². The lowest BCUT2D eigenvalue weighted by atomic mass is 10.2. The first-order valence-corrected chi connectivity index (χ1v) is 8.33. The van der Waals surface area contributed by atoms with Crippen molar-refractivity contribution in [3.05, 3.63) is 57.5 Å². The van der Waals surface area contributed by atoms with Crippen LogP contribution in [-0.2, 0) is 16.6 Å². The van der Waals surface area contributed by atoms with Gasteiger partial charge in [-0.1, -0.05) is 45.7 Å². The summed E-state index contributed by atoms with van der Waals surface area (Å²) in [5.74, 6) is 0. The van der Waals surface area contributed by atoms with Crippen LogP contribution in [0.2, 0.25) is 5.02 Å². The number of hydrogen-bond donors (Lipinski definition) is 2. The van der Waals surface area contributed by atoms with Gasteiger partial charge in [0.25, 0.3) is 0 Å². The van der Waals surface area contributed by atoms with Crippen LogP contribution in [0.1, 0.15) is 5.56 Å². The Bertz CT molecular complexity index is 735. The minimum atomic E-state index is -3.63. The minimum Gasteiger partial charge on any atom is -0.398 e. The molecule has 20 heavy (non-hydrogen) atoms. The zero-order valence-electron chi connectivity index (χ0n) is 10.3. The van der Waals surface area contributed by atoms with Crippen molar-refractivity contribution in [2.24, 2.45) is 0 Å². The number of hydrogen-bond acceptors (Lipinski definition) is 3. The fraction of sp³-hybridized carbons (Fsp3) is 0.0769. The fourth-order valence-corrected chi connectivity index (χ4v) is 3.28. The molecule has 0 saturated carbocycles. The highest BCUT2D eigenvalue weighted by atomic mass is 79.9. The third kappa shape index (κ3) is 3.52. The van der Waals surface area contributed by atoms with Crippen LogP contribution in [0.5, 0.6) is 0 Å². The van der Waals surface area contributed by atoms with E-state index in [1.807, 2.05) is 24.3 Å². The second-order valence-corrected chi connectivity index (χ2v) is 7.13. The standard InChI is InChI=1S/C13H12BrClN2O2S/c14-11-4-2-1-3-9(11)8-17-20(18,19)10-5-6-13(16)12(15)7-10/h1-7,17H,8,16H2. The highest BCUT2D eigenvalue weighted by Crippen LogP contribution is 2.23. The zero-order chi connectivity index (χ0) is 14.8. The lowest BCUT2D eigenvalue weighted by Gasteiger charge is -2.09. The monoisotopic (exact) mass is 374 g/mol. The molecule has 106 valence electrons. The molecule has 0 unspecified atom stereocenters. The zero-order valence-corrected chi connectivity index (χ0v) is 13.5. The summed E-state index contributed by atoms with van der Waals surface area (Å²) >= 11 is 9.21. The largest absolute Gasteiger partial charge is 0.398 e. The molecule has 0 heterocycles. The lowest BCUT2D eigenvalue weighted by Crippen LogP contribution is -2.23.